The summed E-state index contributed by atoms with van der Waals surface area (Å²) in [5.41, 5.74) is 0.933. The number of β-lactam (4-membered cyclic amide) rings is 1. The van der Waals surface area contributed by atoms with Crippen LogP contribution in [0.2, 0.25) is 18.1 Å². The number of hydrogen-bond acceptors (Lipinski definition) is 5. The Morgan fingerprint density at radius 3 is 2.31 bits per heavy atom. The molecule has 2 rings (SSSR count). The number of benzene rings is 1. The molecule has 3 N–H and O–H groups in total. The maximum atomic E-state index is 12.2. The number of likely N-dealkylation sites (tertiary alicyclic amines) is 1. The van der Waals surface area contributed by atoms with Gasteiger partial charge in [0.15, 0.2) is 14.4 Å². The molecule has 1 saturated heterocycles. The van der Waals surface area contributed by atoms with E-state index in [-0.39, 0.29) is 10.9 Å². The molecule has 1 aliphatic heterocycles. The first-order chi connectivity index (χ1) is 12.0. The molecule has 146 valence electrons. The van der Waals surface area contributed by atoms with Crippen molar-refractivity contribution in [2.75, 3.05) is 6.61 Å². The van der Waals surface area contributed by atoms with Gasteiger partial charge < -0.3 is 24.6 Å². The summed E-state index contributed by atoms with van der Waals surface area (Å²) in [5.74, 6) is -0.382. The van der Waals surface area contributed by atoms with Crippen molar-refractivity contribution in [3.63, 3.8) is 0 Å². The topological polar surface area (TPSA) is 90.2 Å². The van der Waals surface area contributed by atoms with Crippen molar-refractivity contribution in [2.45, 2.75) is 69.8 Å². The fourth-order valence-corrected chi connectivity index (χ4v) is 4.20. The summed E-state index contributed by atoms with van der Waals surface area (Å²) in [6.45, 7) is 10.1. The van der Waals surface area contributed by atoms with E-state index >= 15 is 0 Å². The maximum absolute atomic E-state index is 12.2. The lowest BCUT2D eigenvalue weighted by molar-refractivity contribution is -0.184. The fraction of sp³-hybridized carbons (Fsp3) is 0.632. The van der Waals surface area contributed by atoms with E-state index in [1.807, 2.05) is 43.4 Å². The molecule has 1 heterocycles. The van der Waals surface area contributed by atoms with Crippen LogP contribution in [0.4, 0.5) is 0 Å². The molecule has 4 atom stereocenters. The van der Waals surface area contributed by atoms with Gasteiger partial charge in [-0.2, -0.15) is 0 Å². The van der Waals surface area contributed by atoms with Gasteiger partial charge in [-0.3, -0.25) is 4.79 Å². The van der Waals surface area contributed by atoms with Crippen LogP contribution in [-0.4, -0.2) is 65.4 Å². The van der Waals surface area contributed by atoms with Crippen LogP contribution in [0.1, 0.15) is 26.3 Å². The van der Waals surface area contributed by atoms with Gasteiger partial charge in [0.25, 0.3) is 5.91 Å². The molecule has 0 unspecified atom stereocenters. The molecule has 0 aromatic heterocycles. The van der Waals surface area contributed by atoms with E-state index in [2.05, 4.69) is 20.8 Å². The van der Waals surface area contributed by atoms with Gasteiger partial charge >= 0.3 is 0 Å². The van der Waals surface area contributed by atoms with E-state index in [0.29, 0.717) is 6.54 Å². The summed E-state index contributed by atoms with van der Waals surface area (Å²) in [4.78, 5) is 13.8. The first-order valence-electron chi connectivity index (χ1n) is 8.99. The zero-order valence-electron chi connectivity index (χ0n) is 16.2. The van der Waals surface area contributed by atoms with E-state index < -0.39 is 39.3 Å². The Labute approximate surface area is 156 Å². The van der Waals surface area contributed by atoms with Crippen molar-refractivity contribution in [2.24, 2.45) is 0 Å². The lowest BCUT2D eigenvalue weighted by atomic mass is 9.89. The molecule has 1 aromatic carbocycles. The zero-order chi connectivity index (χ0) is 19.7. The number of hydrogen-bond donors (Lipinski definition) is 3. The lowest BCUT2D eigenvalue weighted by Gasteiger charge is -2.51. The van der Waals surface area contributed by atoms with Crippen LogP contribution in [0.25, 0.3) is 0 Å². The summed E-state index contributed by atoms with van der Waals surface area (Å²) in [7, 11) is -2.29. The van der Waals surface area contributed by atoms with Gasteiger partial charge in [0.2, 0.25) is 0 Å². The summed E-state index contributed by atoms with van der Waals surface area (Å²) in [6, 6.07) is 8.79. The van der Waals surface area contributed by atoms with Gasteiger partial charge in [0.05, 0.1) is 18.8 Å². The second-order valence-electron chi connectivity index (χ2n) is 8.48. The Balaban J connectivity index is 2.26. The smallest absolute Gasteiger partial charge is 0.254 e. The third-order valence-corrected chi connectivity index (χ3v) is 10.0. The van der Waals surface area contributed by atoms with Crippen LogP contribution in [0, 0.1) is 0 Å². The third kappa shape index (κ3) is 4.18. The molecule has 0 aliphatic carbocycles. The van der Waals surface area contributed by atoms with Gasteiger partial charge in [-0.05, 0) is 23.7 Å². The molecule has 1 aromatic rings. The molecule has 6 nitrogen and oxygen atoms in total. The van der Waals surface area contributed by atoms with E-state index in [1.54, 1.807) is 0 Å². The molecule has 7 heteroatoms. The van der Waals surface area contributed by atoms with Crippen LogP contribution in [0.3, 0.4) is 0 Å². The van der Waals surface area contributed by atoms with Crippen molar-refractivity contribution in [1.82, 2.24) is 4.90 Å². The zero-order valence-corrected chi connectivity index (χ0v) is 17.2. The van der Waals surface area contributed by atoms with Crippen molar-refractivity contribution in [3.05, 3.63) is 35.9 Å². The minimum atomic E-state index is -2.29. The molecule has 26 heavy (non-hydrogen) atoms. The predicted octanol–water partition coefficient (Wildman–Crippen LogP) is 1.50. The highest BCUT2D eigenvalue weighted by Crippen LogP contribution is 2.40. The van der Waals surface area contributed by atoms with Crippen LogP contribution in [0.5, 0.6) is 0 Å². The van der Waals surface area contributed by atoms with Crippen molar-refractivity contribution >= 4 is 14.2 Å². The molecule has 1 fully saturated rings. The number of carbonyl (C=O) groups excluding carboxylic acids is 1. The fourth-order valence-electron chi connectivity index (χ4n) is 2.87. The van der Waals surface area contributed by atoms with Crippen LogP contribution in [0.15, 0.2) is 30.3 Å². The normalized spacial score (nSPS) is 23.5. The number of carbonyl (C=O) groups is 1. The number of aliphatic hydroxyl groups excluding tert-OH is 3. The van der Waals surface area contributed by atoms with Crippen molar-refractivity contribution in [1.29, 1.82) is 0 Å². The van der Waals surface area contributed by atoms with Gasteiger partial charge in [0, 0.05) is 6.54 Å². The first-order valence-corrected chi connectivity index (χ1v) is 11.9. The van der Waals surface area contributed by atoms with Gasteiger partial charge in [-0.1, -0.05) is 51.1 Å². The van der Waals surface area contributed by atoms with Crippen LogP contribution >= 0.6 is 0 Å². The second kappa shape index (κ2) is 7.78. The molecule has 0 spiro atoms. The number of amides is 1. The van der Waals surface area contributed by atoms with Gasteiger partial charge in [0.1, 0.15) is 6.10 Å². The van der Waals surface area contributed by atoms with E-state index in [4.69, 9.17) is 4.43 Å². The van der Waals surface area contributed by atoms with Crippen LogP contribution in [-0.2, 0) is 15.8 Å². The minimum absolute atomic E-state index is 0.108. The standard InChI is InChI=1S/C19H31NO5Si/c1-19(2,3)26(4,5)25-17(14(22)12-21)15-16(23)18(24)20(15)11-13-9-7-6-8-10-13/h6-10,14-17,21-23H,11-12H2,1-5H3/t14-,15+,16+,17+/m0/s1. The van der Waals surface area contributed by atoms with Gasteiger partial charge in [-0.25, -0.2) is 0 Å². The maximum Gasteiger partial charge on any atom is 0.254 e. The number of nitrogens with zero attached hydrogens (tertiary/aromatic N) is 1. The molecule has 1 aliphatic rings. The predicted molar refractivity (Wildman–Crippen MR) is 102 cm³/mol. The Kier molecular flexibility index (Phi) is 6.30. The first kappa shape index (κ1) is 21.1. The number of rotatable bonds is 7. The molecule has 0 bridgehead atoms. The monoisotopic (exact) mass is 381 g/mol. The Morgan fingerprint density at radius 2 is 1.81 bits per heavy atom. The Morgan fingerprint density at radius 1 is 1.23 bits per heavy atom. The highest BCUT2D eigenvalue weighted by molar-refractivity contribution is 6.74. The second-order valence-corrected chi connectivity index (χ2v) is 13.2. The summed E-state index contributed by atoms with van der Waals surface area (Å²) >= 11 is 0. The van der Waals surface area contributed by atoms with Gasteiger partial charge in [-0.15, -0.1) is 0 Å². The highest BCUT2D eigenvalue weighted by atomic mass is 28.4. The summed E-state index contributed by atoms with van der Waals surface area (Å²) < 4.78 is 6.32. The quantitative estimate of drug-likeness (QED) is 0.492. The minimum Gasteiger partial charge on any atom is -0.409 e. The Bertz CT molecular complexity index is 616. The van der Waals surface area contributed by atoms with E-state index in [9.17, 15) is 20.1 Å². The molecule has 0 saturated carbocycles. The third-order valence-electron chi connectivity index (χ3n) is 5.56. The highest BCUT2D eigenvalue weighted by Gasteiger charge is 2.54. The van der Waals surface area contributed by atoms with Crippen molar-refractivity contribution < 1.29 is 24.5 Å². The molecule has 0 radical (unpaired) electrons. The average molecular weight is 382 g/mol. The molecule has 1 amide bonds. The van der Waals surface area contributed by atoms with Crippen molar-refractivity contribution in [3.8, 4) is 0 Å². The SMILES string of the molecule is CC(C)(C)[Si](C)(C)O[C@@H]([C@H]1[C@@H](O)C(=O)N1Cc1ccccc1)[C@@H](O)CO. The molecular formula is C19H31NO5Si. The molecular weight excluding hydrogens is 350 g/mol. The lowest BCUT2D eigenvalue weighted by Crippen LogP contribution is -2.72. The Hall–Kier alpha value is -1.25. The number of aliphatic hydroxyl groups is 3. The van der Waals surface area contributed by atoms with E-state index in [1.165, 1.54) is 4.90 Å². The van der Waals surface area contributed by atoms with Crippen LogP contribution < -0.4 is 0 Å². The summed E-state index contributed by atoms with van der Waals surface area (Å²) in [5, 5.41) is 30.1. The largest absolute Gasteiger partial charge is 0.409 e. The van der Waals surface area contributed by atoms with E-state index in [0.717, 1.165) is 5.56 Å². The summed E-state index contributed by atoms with van der Waals surface area (Å²) in [6.07, 6.45) is -3.23. The average Bonchev–Trinajstić information content (AvgIpc) is 2.59.